The number of aryl methyl sites for hydroxylation is 2. The lowest BCUT2D eigenvalue weighted by molar-refractivity contribution is 0.730. The SMILES string of the molecule is C#CC(NC)c1cn(C)nc1C. The quantitative estimate of drug-likeness (QED) is 0.648. The normalized spacial score (nSPS) is 12.5. The van der Waals surface area contributed by atoms with E-state index in [0.717, 1.165) is 11.3 Å². The molecular weight excluding hydrogens is 150 g/mol. The minimum atomic E-state index is -0.0290. The summed E-state index contributed by atoms with van der Waals surface area (Å²) in [5, 5.41) is 7.24. The second-order valence-electron chi connectivity index (χ2n) is 2.73. The molecule has 0 aliphatic heterocycles. The summed E-state index contributed by atoms with van der Waals surface area (Å²) in [5.74, 6) is 2.66. The first-order valence-corrected chi connectivity index (χ1v) is 3.82. The summed E-state index contributed by atoms with van der Waals surface area (Å²) in [4.78, 5) is 0. The Bertz CT molecular complexity index is 306. The molecule has 1 atom stereocenters. The maximum Gasteiger partial charge on any atom is 0.0973 e. The number of hydrogen-bond acceptors (Lipinski definition) is 2. The molecule has 0 aliphatic carbocycles. The lowest BCUT2D eigenvalue weighted by atomic mass is 10.1. The highest BCUT2D eigenvalue weighted by Crippen LogP contribution is 2.14. The molecule has 0 saturated carbocycles. The van der Waals surface area contributed by atoms with E-state index in [1.165, 1.54) is 0 Å². The van der Waals surface area contributed by atoms with Crippen molar-refractivity contribution in [3.8, 4) is 12.3 Å². The van der Waals surface area contributed by atoms with Crippen molar-refractivity contribution in [3.63, 3.8) is 0 Å². The van der Waals surface area contributed by atoms with Gasteiger partial charge in [-0.15, -0.1) is 6.42 Å². The van der Waals surface area contributed by atoms with Crippen molar-refractivity contribution in [1.82, 2.24) is 15.1 Å². The van der Waals surface area contributed by atoms with E-state index in [1.807, 2.05) is 27.2 Å². The molecule has 0 aromatic carbocycles. The van der Waals surface area contributed by atoms with E-state index in [1.54, 1.807) is 4.68 Å². The molecule has 1 aromatic rings. The second kappa shape index (κ2) is 3.42. The molecule has 0 spiro atoms. The maximum absolute atomic E-state index is 5.34. The first-order chi connectivity index (χ1) is 5.69. The summed E-state index contributed by atoms with van der Waals surface area (Å²) in [6.45, 7) is 1.96. The zero-order chi connectivity index (χ0) is 9.14. The van der Waals surface area contributed by atoms with Gasteiger partial charge in [0.25, 0.3) is 0 Å². The van der Waals surface area contributed by atoms with E-state index in [4.69, 9.17) is 6.42 Å². The van der Waals surface area contributed by atoms with Gasteiger partial charge in [0, 0.05) is 18.8 Å². The highest BCUT2D eigenvalue weighted by Gasteiger charge is 2.10. The van der Waals surface area contributed by atoms with Crippen LogP contribution in [0.2, 0.25) is 0 Å². The first kappa shape index (κ1) is 8.82. The summed E-state index contributed by atoms with van der Waals surface area (Å²) >= 11 is 0. The van der Waals surface area contributed by atoms with Crippen molar-refractivity contribution in [2.45, 2.75) is 13.0 Å². The van der Waals surface area contributed by atoms with E-state index < -0.39 is 0 Å². The van der Waals surface area contributed by atoms with Crippen molar-refractivity contribution in [1.29, 1.82) is 0 Å². The van der Waals surface area contributed by atoms with E-state index in [-0.39, 0.29) is 6.04 Å². The van der Waals surface area contributed by atoms with Gasteiger partial charge in [0.05, 0.1) is 11.7 Å². The van der Waals surface area contributed by atoms with Crippen LogP contribution in [0.4, 0.5) is 0 Å². The second-order valence-corrected chi connectivity index (χ2v) is 2.73. The number of nitrogens with one attached hydrogen (secondary N) is 1. The van der Waals surface area contributed by atoms with Crippen LogP contribution in [-0.4, -0.2) is 16.8 Å². The van der Waals surface area contributed by atoms with Gasteiger partial charge in [-0.05, 0) is 14.0 Å². The number of aromatic nitrogens is 2. The molecule has 3 nitrogen and oxygen atoms in total. The van der Waals surface area contributed by atoms with Gasteiger partial charge >= 0.3 is 0 Å². The minimum Gasteiger partial charge on any atom is -0.303 e. The average Bonchev–Trinajstić information content (AvgIpc) is 2.34. The Morgan fingerprint density at radius 1 is 1.75 bits per heavy atom. The monoisotopic (exact) mass is 163 g/mol. The lowest BCUT2D eigenvalue weighted by Gasteiger charge is -2.06. The molecule has 0 aliphatic rings. The van der Waals surface area contributed by atoms with Crippen molar-refractivity contribution in [2.24, 2.45) is 7.05 Å². The Morgan fingerprint density at radius 2 is 2.42 bits per heavy atom. The Labute approximate surface area is 72.8 Å². The highest BCUT2D eigenvalue weighted by molar-refractivity contribution is 5.26. The average molecular weight is 163 g/mol. The minimum absolute atomic E-state index is 0.0290. The molecule has 1 N–H and O–H groups in total. The summed E-state index contributed by atoms with van der Waals surface area (Å²) in [5.41, 5.74) is 2.05. The zero-order valence-corrected chi connectivity index (χ0v) is 7.63. The number of hydrogen-bond donors (Lipinski definition) is 1. The third kappa shape index (κ3) is 1.49. The smallest absolute Gasteiger partial charge is 0.0973 e. The van der Waals surface area contributed by atoms with Crippen LogP contribution in [0.1, 0.15) is 17.3 Å². The Kier molecular flexibility index (Phi) is 2.51. The molecule has 1 aromatic heterocycles. The van der Waals surface area contributed by atoms with Crippen LogP contribution in [0.15, 0.2) is 6.20 Å². The fourth-order valence-corrected chi connectivity index (χ4v) is 1.23. The van der Waals surface area contributed by atoms with E-state index in [0.29, 0.717) is 0 Å². The van der Waals surface area contributed by atoms with Crippen molar-refractivity contribution >= 4 is 0 Å². The molecule has 0 fully saturated rings. The van der Waals surface area contributed by atoms with E-state index in [2.05, 4.69) is 16.3 Å². The fourth-order valence-electron chi connectivity index (χ4n) is 1.23. The van der Waals surface area contributed by atoms with Gasteiger partial charge in [-0.2, -0.15) is 5.10 Å². The topological polar surface area (TPSA) is 29.9 Å². The molecule has 0 saturated heterocycles. The largest absolute Gasteiger partial charge is 0.303 e. The maximum atomic E-state index is 5.34. The van der Waals surface area contributed by atoms with Crippen LogP contribution < -0.4 is 5.32 Å². The molecule has 64 valence electrons. The molecule has 3 heteroatoms. The molecule has 0 amide bonds. The van der Waals surface area contributed by atoms with Gasteiger partial charge in [-0.25, -0.2) is 0 Å². The van der Waals surface area contributed by atoms with Crippen molar-refractivity contribution in [3.05, 3.63) is 17.5 Å². The van der Waals surface area contributed by atoms with Gasteiger partial charge in [0.2, 0.25) is 0 Å². The Balaban J connectivity index is 3.02. The molecule has 1 rings (SSSR count). The van der Waals surface area contributed by atoms with Crippen LogP contribution in [0.25, 0.3) is 0 Å². The van der Waals surface area contributed by atoms with Gasteiger partial charge in [0.15, 0.2) is 0 Å². The van der Waals surface area contributed by atoms with Crippen LogP contribution >= 0.6 is 0 Å². The molecule has 0 bridgehead atoms. The predicted octanol–water partition coefficient (Wildman–Crippen LogP) is 0.622. The van der Waals surface area contributed by atoms with Gasteiger partial charge in [-0.3, -0.25) is 4.68 Å². The summed E-state index contributed by atoms with van der Waals surface area (Å²) in [7, 11) is 3.73. The molecule has 12 heavy (non-hydrogen) atoms. The standard InChI is InChI=1S/C9H13N3/c1-5-9(10-3)8-6-12(4)11-7(8)2/h1,6,9-10H,2-4H3. The van der Waals surface area contributed by atoms with Crippen LogP contribution in [-0.2, 0) is 7.05 Å². The summed E-state index contributed by atoms with van der Waals surface area (Å²) in [6, 6.07) is -0.0290. The fraction of sp³-hybridized carbons (Fsp3) is 0.444. The van der Waals surface area contributed by atoms with Crippen LogP contribution in [0, 0.1) is 19.3 Å². The van der Waals surface area contributed by atoms with E-state index >= 15 is 0 Å². The lowest BCUT2D eigenvalue weighted by Crippen LogP contribution is -2.14. The van der Waals surface area contributed by atoms with E-state index in [9.17, 15) is 0 Å². The van der Waals surface area contributed by atoms with Crippen molar-refractivity contribution in [2.75, 3.05) is 7.05 Å². The molecule has 0 radical (unpaired) electrons. The predicted molar refractivity (Wildman–Crippen MR) is 48.6 cm³/mol. The van der Waals surface area contributed by atoms with Gasteiger partial charge in [-0.1, -0.05) is 5.92 Å². The first-order valence-electron chi connectivity index (χ1n) is 3.82. The summed E-state index contributed by atoms with van der Waals surface area (Å²) < 4.78 is 1.77. The van der Waals surface area contributed by atoms with Gasteiger partial charge in [0.1, 0.15) is 0 Å². The van der Waals surface area contributed by atoms with Gasteiger partial charge < -0.3 is 5.32 Å². The molecular formula is C9H13N3. The molecule has 1 heterocycles. The third-order valence-corrected chi connectivity index (χ3v) is 1.82. The Morgan fingerprint density at radius 3 is 2.75 bits per heavy atom. The third-order valence-electron chi connectivity index (χ3n) is 1.82. The van der Waals surface area contributed by atoms with Crippen LogP contribution in [0.3, 0.4) is 0 Å². The number of terminal acetylenes is 1. The highest BCUT2D eigenvalue weighted by atomic mass is 15.3. The number of nitrogens with zero attached hydrogens (tertiary/aromatic N) is 2. The zero-order valence-electron chi connectivity index (χ0n) is 7.63. The summed E-state index contributed by atoms with van der Waals surface area (Å²) in [6.07, 6.45) is 7.28. The Hall–Kier alpha value is -1.27. The van der Waals surface area contributed by atoms with Crippen molar-refractivity contribution < 1.29 is 0 Å². The van der Waals surface area contributed by atoms with Crippen LogP contribution in [0.5, 0.6) is 0 Å². The molecule has 1 unspecified atom stereocenters. The number of rotatable bonds is 2.